The molecule has 0 spiro atoms. The highest BCUT2D eigenvalue weighted by Crippen LogP contribution is 2.22. The first-order valence-corrected chi connectivity index (χ1v) is 11.6. The summed E-state index contributed by atoms with van der Waals surface area (Å²) in [6, 6.07) is 8.15. The first kappa shape index (κ1) is 21.3. The molecule has 0 bridgehead atoms. The molecule has 3 unspecified atom stereocenters. The molecule has 2 saturated heterocycles. The van der Waals surface area contributed by atoms with Crippen molar-refractivity contribution in [2.24, 2.45) is 0 Å². The zero-order valence-electron chi connectivity index (χ0n) is 17.6. The number of nitrogens with zero attached hydrogens (tertiary/aromatic N) is 4. The quantitative estimate of drug-likeness (QED) is 0.632. The Morgan fingerprint density at radius 1 is 1.20 bits per heavy atom. The minimum Gasteiger partial charge on any atom is -0.491 e. The van der Waals surface area contributed by atoms with Crippen LogP contribution in [0.4, 0.5) is 5.69 Å². The monoisotopic (exact) mass is 434 g/mol. The molecular formula is C21H30N4O4S. The number of imidazole rings is 1. The smallest absolute Gasteiger partial charge is 0.176 e. The summed E-state index contributed by atoms with van der Waals surface area (Å²) >= 11 is 0. The van der Waals surface area contributed by atoms with E-state index < -0.39 is 11.0 Å². The lowest BCUT2D eigenvalue weighted by molar-refractivity contribution is -0.0726. The maximum Gasteiger partial charge on any atom is 0.176 e. The molecule has 9 heteroatoms. The molecule has 2 fully saturated rings. The van der Waals surface area contributed by atoms with Crippen LogP contribution in [-0.4, -0.2) is 75.1 Å². The number of hydrogen-bond donors (Lipinski definition) is 0. The summed E-state index contributed by atoms with van der Waals surface area (Å²) in [7, 11) is -0.889. The van der Waals surface area contributed by atoms with Crippen LogP contribution in [0.15, 0.2) is 43.0 Å². The van der Waals surface area contributed by atoms with Crippen molar-refractivity contribution in [3.05, 3.63) is 43.0 Å². The molecule has 3 atom stereocenters. The SMILES string of the molecule is CC(C)S(=O)N1CCN(c2ccc(OCC3COC(Cn4ccnc4)O3)cc2)CC1. The van der Waals surface area contributed by atoms with E-state index in [1.54, 1.807) is 12.5 Å². The molecule has 1 aromatic heterocycles. The molecular weight excluding hydrogens is 404 g/mol. The second-order valence-electron chi connectivity index (χ2n) is 7.83. The first-order valence-electron chi connectivity index (χ1n) is 10.4. The Labute approximate surface area is 180 Å². The zero-order chi connectivity index (χ0) is 20.9. The van der Waals surface area contributed by atoms with Crippen LogP contribution in [0.5, 0.6) is 5.75 Å². The van der Waals surface area contributed by atoms with Crippen LogP contribution in [0.25, 0.3) is 0 Å². The minimum atomic E-state index is -0.889. The molecule has 0 N–H and O–H groups in total. The van der Waals surface area contributed by atoms with Gasteiger partial charge in [-0.2, -0.15) is 0 Å². The van der Waals surface area contributed by atoms with Gasteiger partial charge in [0.25, 0.3) is 0 Å². The summed E-state index contributed by atoms with van der Waals surface area (Å²) in [6.07, 6.45) is 5.04. The van der Waals surface area contributed by atoms with Crippen LogP contribution in [-0.2, 0) is 27.0 Å². The zero-order valence-corrected chi connectivity index (χ0v) is 18.4. The van der Waals surface area contributed by atoms with Gasteiger partial charge in [0.05, 0.1) is 30.5 Å². The second kappa shape index (κ2) is 9.91. The van der Waals surface area contributed by atoms with E-state index in [9.17, 15) is 4.21 Å². The lowest BCUT2D eigenvalue weighted by Crippen LogP contribution is -2.48. The highest BCUT2D eigenvalue weighted by atomic mass is 32.2. The molecule has 0 amide bonds. The predicted octanol–water partition coefficient (Wildman–Crippen LogP) is 1.90. The average Bonchev–Trinajstić information content (AvgIpc) is 3.45. The lowest BCUT2D eigenvalue weighted by atomic mass is 10.2. The molecule has 3 heterocycles. The molecule has 2 aliphatic rings. The van der Waals surface area contributed by atoms with Crippen LogP contribution in [0.3, 0.4) is 0 Å². The minimum absolute atomic E-state index is 0.0758. The van der Waals surface area contributed by atoms with Crippen molar-refractivity contribution in [3.63, 3.8) is 0 Å². The van der Waals surface area contributed by atoms with Crippen molar-refractivity contribution in [2.75, 3.05) is 44.3 Å². The second-order valence-corrected chi connectivity index (χ2v) is 9.84. The third-order valence-electron chi connectivity index (χ3n) is 5.27. The van der Waals surface area contributed by atoms with Gasteiger partial charge < -0.3 is 23.7 Å². The molecule has 4 rings (SSSR count). The molecule has 0 aliphatic carbocycles. The lowest BCUT2D eigenvalue weighted by Gasteiger charge is -2.35. The van der Waals surface area contributed by atoms with E-state index in [0.29, 0.717) is 19.8 Å². The molecule has 30 heavy (non-hydrogen) atoms. The molecule has 0 saturated carbocycles. The highest BCUT2D eigenvalue weighted by Gasteiger charge is 2.27. The number of rotatable bonds is 8. The van der Waals surface area contributed by atoms with Crippen LogP contribution in [0, 0.1) is 0 Å². The van der Waals surface area contributed by atoms with Crippen molar-refractivity contribution in [2.45, 2.75) is 38.0 Å². The fourth-order valence-electron chi connectivity index (χ4n) is 3.62. The maximum atomic E-state index is 12.2. The van der Waals surface area contributed by atoms with Crippen LogP contribution >= 0.6 is 0 Å². The van der Waals surface area contributed by atoms with Gasteiger partial charge in [-0.15, -0.1) is 0 Å². The maximum absolute atomic E-state index is 12.2. The van der Waals surface area contributed by atoms with Crippen LogP contribution in [0.2, 0.25) is 0 Å². The topological polar surface area (TPSA) is 69.1 Å². The summed E-state index contributed by atoms with van der Waals surface area (Å²) in [5.41, 5.74) is 1.16. The van der Waals surface area contributed by atoms with Crippen LogP contribution < -0.4 is 9.64 Å². The third-order valence-corrected chi connectivity index (χ3v) is 6.95. The first-order chi connectivity index (χ1) is 14.6. The van der Waals surface area contributed by atoms with E-state index in [-0.39, 0.29) is 17.6 Å². The summed E-state index contributed by atoms with van der Waals surface area (Å²) in [5.74, 6) is 0.819. The molecule has 8 nitrogen and oxygen atoms in total. The number of benzene rings is 1. The Hall–Kier alpha value is -1.94. The average molecular weight is 435 g/mol. The summed E-state index contributed by atoms with van der Waals surface area (Å²) in [4.78, 5) is 6.35. The van der Waals surface area contributed by atoms with Gasteiger partial charge in [-0.05, 0) is 38.1 Å². The Morgan fingerprint density at radius 3 is 2.63 bits per heavy atom. The highest BCUT2D eigenvalue weighted by molar-refractivity contribution is 7.83. The Bertz CT molecular complexity index is 807. The molecule has 0 radical (unpaired) electrons. The van der Waals surface area contributed by atoms with Gasteiger partial charge in [-0.3, -0.25) is 0 Å². The summed E-state index contributed by atoms with van der Waals surface area (Å²) < 4.78 is 33.7. The molecule has 164 valence electrons. The normalized spacial score (nSPS) is 23.8. The fourth-order valence-corrected chi connectivity index (χ4v) is 4.74. The fraction of sp³-hybridized carbons (Fsp3) is 0.571. The van der Waals surface area contributed by atoms with Crippen molar-refractivity contribution in [3.8, 4) is 5.75 Å². The van der Waals surface area contributed by atoms with E-state index in [4.69, 9.17) is 14.2 Å². The van der Waals surface area contributed by atoms with E-state index in [0.717, 1.165) is 37.6 Å². The van der Waals surface area contributed by atoms with Crippen molar-refractivity contribution < 1.29 is 18.4 Å². The predicted molar refractivity (Wildman–Crippen MR) is 116 cm³/mol. The molecule has 2 aliphatic heterocycles. The number of piperazine rings is 1. The standard InChI is InChI=1S/C21H30N4O4S/c1-17(2)30(26)25-11-9-24(10-12-25)18-3-5-19(6-4-18)27-14-20-15-28-21(29-20)13-23-8-7-22-16-23/h3-8,16-17,20-21H,9-15H2,1-2H3. The van der Waals surface area contributed by atoms with Crippen molar-refractivity contribution in [1.29, 1.82) is 0 Å². The Morgan fingerprint density at radius 2 is 1.97 bits per heavy atom. The number of ether oxygens (including phenoxy) is 3. The van der Waals surface area contributed by atoms with Crippen molar-refractivity contribution >= 4 is 16.7 Å². The van der Waals surface area contributed by atoms with Gasteiger partial charge in [0.15, 0.2) is 6.29 Å². The number of aromatic nitrogens is 2. The molecule has 2 aromatic rings. The number of hydrogen-bond acceptors (Lipinski definition) is 6. The summed E-state index contributed by atoms with van der Waals surface area (Å²) in [6.45, 7) is 9.02. The number of anilines is 1. The van der Waals surface area contributed by atoms with Gasteiger partial charge in [-0.25, -0.2) is 13.5 Å². The van der Waals surface area contributed by atoms with Crippen LogP contribution in [0.1, 0.15) is 13.8 Å². The largest absolute Gasteiger partial charge is 0.491 e. The van der Waals surface area contributed by atoms with Gasteiger partial charge in [0.2, 0.25) is 0 Å². The van der Waals surface area contributed by atoms with Gasteiger partial charge in [-0.1, -0.05) is 0 Å². The van der Waals surface area contributed by atoms with Crippen molar-refractivity contribution in [1.82, 2.24) is 13.9 Å². The van der Waals surface area contributed by atoms with E-state index in [2.05, 4.69) is 26.3 Å². The summed E-state index contributed by atoms with van der Waals surface area (Å²) in [5, 5.41) is 0.170. The van der Waals surface area contributed by atoms with E-state index in [1.807, 2.05) is 36.7 Å². The molecule has 1 aromatic carbocycles. The Balaban J connectivity index is 1.20. The third kappa shape index (κ3) is 5.40. The van der Waals surface area contributed by atoms with Gasteiger partial charge in [0.1, 0.15) is 18.5 Å². The van der Waals surface area contributed by atoms with E-state index >= 15 is 0 Å². The Kier molecular flexibility index (Phi) is 7.04. The van der Waals surface area contributed by atoms with E-state index in [1.165, 1.54) is 0 Å². The van der Waals surface area contributed by atoms with Gasteiger partial charge >= 0.3 is 0 Å². The van der Waals surface area contributed by atoms with Gasteiger partial charge in [0, 0.05) is 49.5 Å².